The molecule has 0 atom stereocenters. The maximum Gasteiger partial charge on any atom is 0.273 e. The summed E-state index contributed by atoms with van der Waals surface area (Å²) in [6, 6.07) is 3.88. The lowest BCUT2D eigenvalue weighted by Gasteiger charge is -2.09. The van der Waals surface area contributed by atoms with Crippen molar-refractivity contribution < 1.29 is 24.0 Å². The Kier molecular flexibility index (Phi) is 5.21. The van der Waals surface area contributed by atoms with Crippen molar-refractivity contribution in [3.05, 3.63) is 50.8 Å². The first kappa shape index (κ1) is 18.2. The first-order valence-electron chi connectivity index (χ1n) is 7.44. The van der Waals surface area contributed by atoms with Gasteiger partial charge in [0.15, 0.2) is 23.9 Å². The number of nitrogens with zero attached hydrogens (tertiary/aromatic N) is 1. The number of methoxy groups -OCH3 is 1. The minimum Gasteiger partial charge on any atom is -0.493 e. The van der Waals surface area contributed by atoms with Crippen molar-refractivity contribution in [3.63, 3.8) is 0 Å². The summed E-state index contributed by atoms with van der Waals surface area (Å²) in [4.78, 5) is 37.2. The molecular weight excluding hydrogens is 328 g/mol. The zero-order chi connectivity index (χ0) is 18.7. The number of ketones is 2. The van der Waals surface area contributed by atoms with E-state index in [1.54, 1.807) is 13.8 Å². The van der Waals surface area contributed by atoms with Gasteiger partial charge in [-0.2, -0.15) is 0 Å². The molecule has 0 aliphatic carbocycles. The molecule has 8 nitrogen and oxygen atoms in total. The first-order chi connectivity index (χ1) is 11.8. The summed E-state index contributed by atoms with van der Waals surface area (Å²) in [5, 5.41) is 10.9. The Labute approximate surface area is 143 Å². The van der Waals surface area contributed by atoms with E-state index in [-0.39, 0.29) is 41.1 Å². The van der Waals surface area contributed by atoms with Crippen LogP contribution in [-0.2, 0) is 0 Å². The van der Waals surface area contributed by atoms with Gasteiger partial charge in [-0.3, -0.25) is 19.7 Å². The Morgan fingerprint density at radius 2 is 1.92 bits per heavy atom. The summed E-state index contributed by atoms with van der Waals surface area (Å²) >= 11 is 0. The van der Waals surface area contributed by atoms with E-state index in [2.05, 4.69) is 4.98 Å². The van der Waals surface area contributed by atoms with Gasteiger partial charge >= 0.3 is 0 Å². The lowest BCUT2D eigenvalue weighted by Crippen LogP contribution is -2.14. The van der Waals surface area contributed by atoms with Crippen molar-refractivity contribution in [2.45, 2.75) is 20.8 Å². The summed E-state index contributed by atoms with van der Waals surface area (Å²) in [6.07, 6.45) is 0. The summed E-state index contributed by atoms with van der Waals surface area (Å²) in [5.74, 6) is -0.131. The van der Waals surface area contributed by atoms with Crippen LogP contribution in [0.4, 0.5) is 5.69 Å². The highest BCUT2D eigenvalue weighted by Crippen LogP contribution is 2.31. The summed E-state index contributed by atoms with van der Waals surface area (Å²) in [6.45, 7) is 4.48. The highest BCUT2D eigenvalue weighted by atomic mass is 16.6. The molecule has 0 unspecified atom stereocenters. The summed E-state index contributed by atoms with van der Waals surface area (Å²) in [7, 11) is 1.40. The van der Waals surface area contributed by atoms with E-state index in [4.69, 9.17) is 9.47 Å². The number of hydrogen-bond donors (Lipinski definition) is 1. The molecule has 2 aromatic rings. The number of non-ortho nitro benzene ring substituents is 1. The van der Waals surface area contributed by atoms with Crippen LogP contribution in [0, 0.1) is 24.0 Å². The molecular formula is C17H18N2O6. The van der Waals surface area contributed by atoms with Crippen LogP contribution in [0.5, 0.6) is 11.5 Å². The van der Waals surface area contributed by atoms with Crippen LogP contribution < -0.4 is 9.47 Å². The SMILES string of the molecule is COc1ccc([N+](=O)[O-])cc1OCC(=O)c1[nH]c(C)c(C(C)=O)c1C. The number of Topliss-reactive ketones (excluding diaryl/α,β-unsaturated/α-hetero) is 2. The standard InChI is InChI=1S/C17H18N2O6/c1-9-16(11(3)20)10(2)18-17(9)13(21)8-25-15-7-12(19(22)23)5-6-14(15)24-4/h5-7,18H,8H2,1-4H3. The number of rotatable bonds is 7. The van der Waals surface area contributed by atoms with Crippen molar-refractivity contribution in [1.29, 1.82) is 0 Å². The number of aromatic nitrogens is 1. The van der Waals surface area contributed by atoms with Crippen molar-refractivity contribution >= 4 is 17.3 Å². The van der Waals surface area contributed by atoms with E-state index in [1.165, 1.54) is 32.2 Å². The fourth-order valence-corrected chi connectivity index (χ4v) is 2.66. The molecule has 0 aliphatic rings. The van der Waals surface area contributed by atoms with Crippen LogP contribution in [-0.4, -0.2) is 35.2 Å². The number of ether oxygens (including phenoxy) is 2. The number of carbonyl (C=O) groups excluding carboxylic acids is 2. The van der Waals surface area contributed by atoms with Gasteiger partial charge < -0.3 is 14.5 Å². The minimum atomic E-state index is -0.564. The molecule has 0 saturated heterocycles. The molecule has 1 aromatic heterocycles. The van der Waals surface area contributed by atoms with Gasteiger partial charge in [0, 0.05) is 17.3 Å². The summed E-state index contributed by atoms with van der Waals surface area (Å²) < 4.78 is 10.5. The lowest BCUT2D eigenvalue weighted by molar-refractivity contribution is -0.385. The number of aromatic amines is 1. The smallest absolute Gasteiger partial charge is 0.273 e. The maximum atomic E-state index is 12.4. The van der Waals surface area contributed by atoms with E-state index in [1.807, 2.05) is 0 Å². The van der Waals surface area contributed by atoms with Gasteiger partial charge in [0.2, 0.25) is 5.78 Å². The van der Waals surface area contributed by atoms with Crippen molar-refractivity contribution in [2.24, 2.45) is 0 Å². The molecule has 132 valence electrons. The Morgan fingerprint density at radius 3 is 2.44 bits per heavy atom. The molecule has 0 amide bonds. The lowest BCUT2D eigenvalue weighted by atomic mass is 10.1. The van der Waals surface area contributed by atoms with Gasteiger partial charge in [-0.1, -0.05) is 0 Å². The third-order valence-electron chi connectivity index (χ3n) is 3.79. The Bertz CT molecular complexity index is 853. The summed E-state index contributed by atoms with van der Waals surface area (Å²) in [5.41, 5.74) is 1.77. The van der Waals surface area contributed by atoms with Crippen LogP contribution in [0.2, 0.25) is 0 Å². The van der Waals surface area contributed by atoms with Gasteiger partial charge in [-0.15, -0.1) is 0 Å². The number of carbonyl (C=O) groups is 2. The Hall–Kier alpha value is -3.16. The van der Waals surface area contributed by atoms with Crippen molar-refractivity contribution in [3.8, 4) is 11.5 Å². The second-order valence-corrected chi connectivity index (χ2v) is 5.49. The number of H-pyrrole nitrogens is 1. The molecule has 1 heterocycles. The fraction of sp³-hybridized carbons (Fsp3) is 0.294. The van der Waals surface area contributed by atoms with Crippen LogP contribution >= 0.6 is 0 Å². The average molecular weight is 346 g/mol. The zero-order valence-electron chi connectivity index (χ0n) is 14.3. The molecule has 0 fully saturated rings. The number of nitrogens with one attached hydrogen (secondary N) is 1. The number of aryl methyl sites for hydroxylation is 1. The minimum absolute atomic E-state index is 0.0952. The molecule has 0 radical (unpaired) electrons. The molecule has 0 spiro atoms. The number of nitro groups is 1. The van der Waals surface area contributed by atoms with Gasteiger partial charge in [0.1, 0.15) is 0 Å². The van der Waals surface area contributed by atoms with E-state index in [0.29, 0.717) is 16.8 Å². The largest absolute Gasteiger partial charge is 0.493 e. The van der Waals surface area contributed by atoms with Crippen LogP contribution in [0.1, 0.15) is 39.0 Å². The number of benzene rings is 1. The third kappa shape index (κ3) is 3.68. The van der Waals surface area contributed by atoms with Crippen LogP contribution in [0.25, 0.3) is 0 Å². The maximum absolute atomic E-state index is 12.4. The topological polar surface area (TPSA) is 112 Å². The number of nitro benzene ring substituents is 1. The Morgan fingerprint density at radius 1 is 1.24 bits per heavy atom. The molecule has 0 saturated carbocycles. The van der Waals surface area contributed by atoms with Crippen molar-refractivity contribution in [2.75, 3.05) is 13.7 Å². The van der Waals surface area contributed by atoms with Gasteiger partial charge in [0.05, 0.1) is 23.8 Å². The van der Waals surface area contributed by atoms with E-state index in [0.717, 1.165) is 0 Å². The highest BCUT2D eigenvalue weighted by Gasteiger charge is 2.21. The quantitative estimate of drug-likeness (QED) is 0.468. The normalized spacial score (nSPS) is 10.4. The van der Waals surface area contributed by atoms with Crippen LogP contribution in [0.15, 0.2) is 18.2 Å². The van der Waals surface area contributed by atoms with E-state index >= 15 is 0 Å². The van der Waals surface area contributed by atoms with Gasteiger partial charge in [0.25, 0.3) is 5.69 Å². The predicted octanol–water partition coefficient (Wildman–Crippen LogP) is 3.01. The average Bonchev–Trinajstić information content (AvgIpc) is 2.86. The molecule has 25 heavy (non-hydrogen) atoms. The second kappa shape index (κ2) is 7.16. The highest BCUT2D eigenvalue weighted by molar-refractivity contribution is 6.03. The molecule has 0 bridgehead atoms. The molecule has 8 heteroatoms. The van der Waals surface area contributed by atoms with Gasteiger partial charge in [-0.05, 0) is 32.4 Å². The molecule has 0 aliphatic heterocycles. The number of hydrogen-bond acceptors (Lipinski definition) is 6. The van der Waals surface area contributed by atoms with Gasteiger partial charge in [-0.25, -0.2) is 0 Å². The van der Waals surface area contributed by atoms with E-state index < -0.39 is 4.92 Å². The predicted molar refractivity (Wildman–Crippen MR) is 89.7 cm³/mol. The molecule has 1 aromatic carbocycles. The van der Waals surface area contributed by atoms with Crippen LogP contribution in [0.3, 0.4) is 0 Å². The fourth-order valence-electron chi connectivity index (χ4n) is 2.66. The monoisotopic (exact) mass is 346 g/mol. The van der Waals surface area contributed by atoms with Crippen molar-refractivity contribution in [1.82, 2.24) is 4.98 Å². The molecule has 1 N–H and O–H groups in total. The molecule has 2 rings (SSSR count). The third-order valence-corrected chi connectivity index (χ3v) is 3.79. The second-order valence-electron chi connectivity index (χ2n) is 5.49. The Balaban J connectivity index is 2.23. The van der Waals surface area contributed by atoms with E-state index in [9.17, 15) is 19.7 Å². The first-order valence-corrected chi connectivity index (χ1v) is 7.44. The zero-order valence-corrected chi connectivity index (χ0v) is 14.3.